The molecule has 3 N–H and O–H groups in total. The molecule has 0 spiro atoms. The molecule has 6 unspecified atom stereocenters. The van der Waals surface area contributed by atoms with E-state index < -0.39 is 12.1 Å². The number of nitrogens with one attached hydrogen (secondary N) is 1. The van der Waals surface area contributed by atoms with Crippen LogP contribution < -0.4 is 11.1 Å². The van der Waals surface area contributed by atoms with Gasteiger partial charge >= 0.3 is 12.1 Å². The molecule has 34 heavy (non-hydrogen) atoms. The van der Waals surface area contributed by atoms with E-state index >= 15 is 0 Å². The first kappa shape index (κ1) is 36.2. The summed E-state index contributed by atoms with van der Waals surface area (Å²) < 4.78 is 10.2. The van der Waals surface area contributed by atoms with Crippen molar-refractivity contribution in [2.75, 3.05) is 19.9 Å². The zero-order chi connectivity index (χ0) is 22.1. The summed E-state index contributed by atoms with van der Waals surface area (Å²) in [5, 5.41) is 2.41. The highest BCUT2D eigenvalue weighted by atomic mass is 16.6. The molecule has 198 valence electrons. The van der Waals surface area contributed by atoms with E-state index in [1.807, 2.05) is 6.08 Å². The number of ether oxygens (including phenoxy) is 2. The molecule has 6 nitrogen and oxygen atoms in total. The van der Waals surface area contributed by atoms with E-state index in [9.17, 15) is 9.59 Å². The Balaban J connectivity index is -0.00000240. The number of allylic oxidation sites excluding steroid dienone is 4. The molecule has 0 heterocycles. The third kappa shape index (κ3) is 10.7. The fourth-order valence-corrected chi connectivity index (χ4v) is 4.56. The summed E-state index contributed by atoms with van der Waals surface area (Å²) in [6, 6.07) is 0. The molecule has 2 fully saturated rings. The average molecular weight is 481 g/mol. The van der Waals surface area contributed by atoms with Crippen molar-refractivity contribution in [2.24, 2.45) is 41.2 Å². The van der Waals surface area contributed by atoms with E-state index in [0.717, 1.165) is 25.7 Å². The number of rotatable bonds is 10. The SMILES string of the molecule is C.C.C.C.C=CC1CC(/C=C\C2CC(C=C)C(COC(=O)NCOC(=O)C(=C)C)C2)C(CN)C1. The molecular weight excluding hydrogens is 428 g/mol. The minimum absolute atomic E-state index is 0. The number of hydrogen-bond acceptors (Lipinski definition) is 5. The van der Waals surface area contributed by atoms with Gasteiger partial charge in [0.25, 0.3) is 0 Å². The Morgan fingerprint density at radius 2 is 1.53 bits per heavy atom. The van der Waals surface area contributed by atoms with Crippen molar-refractivity contribution in [3.05, 3.63) is 49.6 Å². The minimum Gasteiger partial charge on any atom is -0.449 e. The normalized spacial score (nSPS) is 27.1. The van der Waals surface area contributed by atoms with E-state index in [2.05, 4.69) is 43.3 Å². The van der Waals surface area contributed by atoms with Gasteiger partial charge in [0.05, 0.1) is 6.61 Å². The third-order valence-corrected chi connectivity index (χ3v) is 6.34. The van der Waals surface area contributed by atoms with Crippen molar-refractivity contribution in [2.45, 2.75) is 62.3 Å². The Hall–Kier alpha value is -2.34. The molecule has 2 saturated carbocycles. The van der Waals surface area contributed by atoms with Gasteiger partial charge in [-0.05, 0) is 68.7 Å². The van der Waals surface area contributed by atoms with E-state index in [4.69, 9.17) is 15.2 Å². The number of carbonyl (C=O) groups excluding carboxylic acids is 2. The number of esters is 1. The van der Waals surface area contributed by atoms with Crippen molar-refractivity contribution in [1.82, 2.24) is 5.32 Å². The van der Waals surface area contributed by atoms with Gasteiger partial charge in [0.1, 0.15) is 0 Å². The molecule has 2 rings (SSSR count). The van der Waals surface area contributed by atoms with Crippen molar-refractivity contribution in [3.8, 4) is 0 Å². The first-order valence-electron chi connectivity index (χ1n) is 10.7. The van der Waals surface area contributed by atoms with Gasteiger partial charge in [-0.15, -0.1) is 13.2 Å². The van der Waals surface area contributed by atoms with Crippen LogP contribution in [0.3, 0.4) is 0 Å². The molecule has 6 heteroatoms. The molecule has 2 aliphatic carbocycles. The zero-order valence-electron chi connectivity index (χ0n) is 18.1. The molecule has 2 aliphatic rings. The Morgan fingerprint density at radius 1 is 0.912 bits per heavy atom. The largest absolute Gasteiger partial charge is 0.449 e. The maximum Gasteiger partial charge on any atom is 0.409 e. The van der Waals surface area contributed by atoms with Gasteiger partial charge in [-0.2, -0.15) is 0 Å². The summed E-state index contributed by atoms with van der Waals surface area (Å²) in [6.45, 7) is 13.7. The van der Waals surface area contributed by atoms with Crippen LogP contribution in [0.4, 0.5) is 4.79 Å². The van der Waals surface area contributed by atoms with Crippen LogP contribution in [-0.4, -0.2) is 31.9 Å². The lowest BCUT2D eigenvalue weighted by atomic mass is 9.93. The topological polar surface area (TPSA) is 90.6 Å². The molecule has 0 aliphatic heterocycles. The van der Waals surface area contributed by atoms with Crippen molar-refractivity contribution in [3.63, 3.8) is 0 Å². The predicted molar refractivity (Wildman–Crippen MR) is 145 cm³/mol. The van der Waals surface area contributed by atoms with E-state index in [-0.39, 0.29) is 47.9 Å². The molecule has 0 radical (unpaired) electrons. The van der Waals surface area contributed by atoms with Gasteiger partial charge in [0, 0.05) is 11.5 Å². The maximum absolute atomic E-state index is 11.8. The average Bonchev–Trinajstić information content (AvgIpc) is 3.33. The molecule has 0 saturated heterocycles. The molecule has 0 aromatic carbocycles. The van der Waals surface area contributed by atoms with Crippen LogP contribution in [0.5, 0.6) is 0 Å². The van der Waals surface area contributed by atoms with Gasteiger partial charge in [0.15, 0.2) is 6.73 Å². The summed E-state index contributed by atoms with van der Waals surface area (Å²) in [5.41, 5.74) is 6.23. The Morgan fingerprint density at radius 3 is 2.09 bits per heavy atom. The number of amides is 1. The summed E-state index contributed by atoms with van der Waals surface area (Å²) >= 11 is 0. The fraction of sp³-hybridized carbons (Fsp3) is 0.643. The second-order valence-electron chi connectivity index (χ2n) is 8.53. The third-order valence-electron chi connectivity index (χ3n) is 6.34. The van der Waals surface area contributed by atoms with Gasteiger partial charge in [-0.25, -0.2) is 9.59 Å². The highest BCUT2D eigenvalue weighted by Gasteiger charge is 2.33. The predicted octanol–water partition coefficient (Wildman–Crippen LogP) is 6.51. The van der Waals surface area contributed by atoms with Gasteiger partial charge in [-0.1, -0.05) is 60.6 Å². The standard InChI is InChI=1S/C24H36N2O4.4CH4/c1-5-17-9-20(21(10-17)13-25)8-7-18-11-19(6-2)22(12-18)14-29-24(28)26-15-30-23(27)16(3)4;;;;/h5-8,17-22H,1-3,9-15,25H2,4H3,(H,26,28);4*1H4/b8-7-;;;;. The molecule has 1 amide bonds. The van der Waals surface area contributed by atoms with Crippen LogP contribution in [0.1, 0.15) is 62.3 Å². The molecule has 6 atom stereocenters. The summed E-state index contributed by atoms with van der Waals surface area (Å²) in [6.07, 6.45) is 12.3. The Labute approximate surface area is 209 Å². The van der Waals surface area contributed by atoms with Gasteiger partial charge in [0.2, 0.25) is 0 Å². The van der Waals surface area contributed by atoms with Crippen molar-refractivity contribution >= 4 is 12.1 Å². The van der Waals surface area contributed by atoms with Crippen molar-refractivity contribution in [1.29, 1.82) is 0 Å². The van der Waals surface area contributed by atoms with Crippen LogP contribution in [0.15, 0.2) is 49.6 Å². The van der Waals surface area contributed by atoms with E-state index in [0.29, 0.717) is 42.7 Å². The van der Waals surface area contributed by atoms with Crippen LogP contribution in [0.25, 0.3) is 0 Å². The van der Waals surface area contributed by atoms with Gasteiger partial charge < -0.3 is 15.2 Å². The molecule has 0 aromatic heterocycles. The second kappa shape index (κ2) is 18.0. The quantitative estimate of drug-likeness (QED) is 0.161. The number of nitrogens with two attached hydrogens (primary N) is 1. The van der Waals surface area contributed by atoms with E-state index in [1.54, 1.807) is 6.92 Å². The number of alkyl carbamates (subject to hydrolysis) is 1. The molecule has 0 bridgehead atoms. The number of hydrogen-bond donors (Lipinski definition) is 2. The van der Waals surface area contributed by atoms with Crippen LogP contribution in [0.2, 0.25) is 0 Å². The lowest BCUT2D eigenvalue weighted by Crippen LogP contribution is -2.30. The first-order chi connectivity index (χ1) is 14.4. The summed E-state index contributed by atoms with van der Waals surface area (Å²) in [7, 11) is 0. The highest BCUT2D eigenvalue weighted by molar-refractivity contribution is 5.87. The van der Waals surface area contributed by atoms with Crippen LogP contribution >= 0.6 is 0 Å². The summed E-state index contributed by atoms with van der Waals surface area (Å²) in [4.78, 5) is 23.1. The molecule has 0 aromatic rings. The molecular formula is C28H52N2O4. The first-order valence-corrected chi connectivity index (χ1v) is 10.7. The van der Waals surface area contributed by atoms with Crippen molar-refractivity contribution < 1.29 is 19.1 Å². The highest BCUT2D eigenvalue weighted by Crippen LogP contribution is 2.41. The van der Waals surface area contributed by atoms with Gasteiger partial charge in [-0.3, -0.25) is 5.32 Å². The minimum atomic E-state index is -0.599. The Kier molecular flexibility index (Phi) is 19.2. The maximum atomic E-state index is 11.8. The smallest absolute Gasteiger partial charge is 0.409 e. The second-order valence-corrected chi connectivity index (χ2v) is 8.53. The fourth-order valence-electron chi connectivity index (χ4n) is 4.56. The number of carbonyl (C=O) groups is 2. The van der Waals surface area contributed by atoms with E-state index in [1.165, 1.54) is 0 Å². The Bertz CT molecular complexity index is 673. The zero-order valence-corrected chi connectivity index (χ0v) is 18.1. The monoisotopic (exact) mass is 480 g/mol. The lowest BCUT2D eigenvalue weighted by molar-refractivity contribution is -0.139. The van der Waals surface area contributed by atoms with Crippen LogP contribution in [0, 0.1) is 35.5 Å². The van der Waals surface area contributed by atoms with Crippen LogP contribution in [-0.2, 0) is 14.3 Å². The summed E-state index contributed by atoms with van der Waals surface area (Å²) in [5.74, 6) is 2.05. The lowest BCUT2D eigenvalue weighted by Gasteiger charge is -2.16.